The molecule has 8 heteroatoms. The van der Waals surface area contributed by atoms with E-state index in [4.69, 9.17) is 4.42 Å². The highest BCUT2D eigenvalue weighted by Crippen LogP contribution is 2.45. The molecule has 0 saturated carbocycles. The number of fused-ring (bicyclic) bond motifs is 2. The van der Waals surface area contributed by atoms with Gasteiger partial charge in [-0.3, -0.25) is 4.98 Å². The molecule has 5 aromatic rings. The Labute approximate surface area is 170 Å². The van der Waals surface area contributed by atoms with Gasteiger partial charge in [-0.1, -0.05) is 12.1 Å². The first-order valence-electron chi connectivity index (χ1n) is 9.29. The molecule has 0 radical (unpaired) electrons. The Bertz CT molecular complexity index is 1420. The maximum absolute atomic E-state index is 13.2. The predicted molar refractivity (Wildman–Crippen MR) is 109 cm³/mol. The highest BCUT2D eigenvalue weighted by Gasteiger charge is 2.24. The van der Waals surface area contributed by atoms with Crippen LogP contribution in [0.4, 0.5) is 4.39 Å². The fraction of sp³-hybridized carbons (Fsp3) is 0.136. The van der Waals surface area contributed by atoms with E-state index in [-0.39, 0.29) is 28.7 Å². The molecule has 0 saturated heterocycles. The Morgan fingerprint density at radius 2 is 1.83 bits per heavy atom. The van der Waals surface area contributed by atoms with E-state index in [1.54, 1.807) is 38.5 Å². The minimum atomic E-state index is -0.291. The summed E-state index contributed by atoms with van der Waals surface area (Å²) in [5.74, 6) is 0.176. The third-order valence-corrected chi connectivity index (χ3v) is 5.16. The lowest BCUT2D eigenvalue weighted by Gasteiger charge is -2.10. The minimum absolute atomic E-state index is 0.0842. The maximum atomic E-state index is 13.2. The van der Waals surface area contributed by atoms with Gasteiger partial charge in [0.15, 0.2) is 5.75 Å². The summed E-state index contributed by atoms with van der Waals surface area (Å²) in [6, 6.07) is 8.16. The molecule has 7 nitrogen and oxygen atoms in total. The van der Waals surface area contributed by atoms with Crippen LogP contribution in [0.5, 0.6) is 11.6 Å². The Balaban J connectivity index is 1.79. The third kappa shape index (κ3) is 2.76. The minimum Gasteiger partial charge on any atom is -0.505 e. The summed E-state index contributed by atoms with van der Waals surface area (Å²) in [6.07, 6.45) is 3.88. The molecule has 0 fully saturated rings. The molecule has 0 unspecified atom stereocenters. The number of rotatable bonds is 3. The molecular formula is C22H17FN4O3. The number of phenols is 1. The van der Waals surface area contributed by atoms with Gasteiger partial charge < -0.3 is 19.2 Å². The van der Waals surface area contributed by atoms with Gasteiger partial charge in [-0.15, -0.1) is 10.2 Å². The van der Waals surface area contributed by atoms with Crippen LogP contribution in [0.25, 0.3) is 33.1 Å². The van der Waals surface area contributed by atoms with E-state index in [0.717, 1.165) is 11.1 Å². The number of hydrogen-bond donors (Lipinski definition) is 2. The number of aryl methyl sites for hydroxylation is 2. The molecular weight excluding hydrogens is 387 g/mol. The molecule has 2 N–H and O–H groups in total. The average Bonchev–Trinajstić information content (AvgIpc) is 3.27. The molecule has 150 valence electrons. The van der Waals surface area contributed by atoms with Crippen molar-refractivity contribution in [1.82, 2.24) is 19.7 Å². The first-order valence-corrected chi connectivity index (χ1v) is 9.29. The summed E-state index contributed by atoms with van der Waals surface area (Å²) in [5.41, 5.74) is 2.70. The number of aromatic nitrogens is 4. The lowest BCUT2D eigenvalue weighted by Crippen LogP contribution is -1.93. The Morgan fingerprint density at radius 3 is 2.53 bits per heavy atom. The van der Waals surface area contributed by atoms with Crippen molar-refractivity contribution in [2.75, 3.05) is 0 Å². The summed E-state index contributed by atoms with van der Waals surface area (Å²) in [4.78, 5) is 4.45. The molecule has 0 aliphatic heterocycles. The van der Waals surface area contributed by atoms with E-state index in [9.17, 15) is 14.6 Å². The van der Waals surface area contributed by atoms with Gasteiger partial charge in [-0.25, -0.2) is 4.39 Å². The smallest absolute Gasteiger partial charge is 0.249 e. The van der Waals surface area contributed by atoms with Gasteiger partial charge in [0.2, 0.25) is 17.7 Å². The third-order valence-electron chi connectivity index (χ3n) is 5.16. The second-order valence-corrected chi connectivity index (χ2v) is 7.25. The topological polar surface area (TPSA) is 97.2 Å². The number of aromatic hydroxyl groups is 2. The summed E-state index contributed by atoms with van der Waals surface area (Å²) in [5, 5.41) is 30.9. The average molecular weight is 404 g/mol. The van der Waals surface area contributed by atoms with Gasteiger partial charge in [0.05, 0.1) is 10.9 Å². The zero-order valence-electron chi connectivity index (χ0n) is 16.2. The number of hydrogen-bond acceptors (Lipinski definition) is 6. The molecule has 0 atom stereocenters. The second-order valence-electron chi connectivity index (χ2n) is 7.25. The van der Waals surface area contributed by atoms with E-state index < -0.39 is 0 Å². The van der Waals surface area contributed by atoms with Crippen LogP contribution in [0, 0.1) is 12.7 Å². The van der Waals surface area contributed by atoms with Crippen molar-refractivity contribution in [3.05, 3.63) is 65.6 Å². The molecule has 5 rings (SSSR count). The fourth-order valence-corrected chi connectivity index (χ4v) is 3.75. The molecule has 0 amide bonds. The van der Waals surface area contributed by atoms with E-state index >= 15 is 0 Å². The number of halogens is 1. The fourth-order valence-electron chi connectivity index (χ4n) is 3.75. The van der Waals surface area contributed by atoms with Crippen LogP contribution < -0.4 is 0 Å². The van der Waals surface area contributed by atoms with Crippen LogP contribution in [0.1, 0.15) is 17.0 Å². The summed E-state index contributed by atoms with van der Waals surface area (Å²) in [7, 11) is 1.68. The largest absolute Gasteiger partial charge is 0.505 e. The summed E-state index contributed by atoms with van der Waals surface area (Å²) >= 11 is 0. The second kappa shape index (κ2) is 6.55. The molecule has 30 heavy (non-hydrogen) atoms. The van der Waals surface area contributed by atoms with Gasteiger partial charge in [0.25, 0.3) is 0 Å². The predicted octanol–water partition coefficient (Wildman–Crippen LogP) is 4.23. The van der Waals surface area contributed by atoms with Crippen LogP contribution >= 0.6 is 0 Å². The SMILES string of the molecule is Cc1nnc(-c2c3cc(Cc4ccc(F)cc4)cnc3c(O)c3c(O)n(C)cc23)o1. The van der Waals surface area contributed by atoms with Crippen molar-refractivity contribution in [2.45, 2.75) is 13.3 Å². The molecule has 0 aliphatic rings. The van der Waals surface area contributed by atoms with E-state index in [1.165, 1.54) is 16.7 Å². The van der Waals surface area contributed by atoms with Gasteiger partial charge in [-0.2, -0.15) is 0 Å². The molecule has 0 bridgehead atoms. The highest BCUT2D eigenvalue weighted by atomic mass is 19.1. The molecule has 2 aromatic carbocycles. The highest BCUT2D eigenvalue weighted by molar-refractivity contribution is 6.16. The summed E-state index contributed by atoms with van der Waals surface area (Å²) < 4.78 is 20.4. The summed E-state index contributed by atoms with van der Waals surface area (Å²) in [6.45, 7) is 1.69. The maximum Gasteiger partial charge on any atom is 0.249 e. The Hall–Kier alpha value is -3.94. The Kier molecular flexibility index (Phi) is 3.95. The zero-order valence-corrected chi connectivity index (χ0v) is 16.2. The molecule has 0 aliphatic carbocycles. The van der Waals surface area contributed by atoms with Crippen LogP contribution in [0.2, 0.25) is 0 Å². The number of benzene rings is 2. The first kappa shape index (κ1) is 18.1. The lowest BCUT2D eigenvalue weighted by atomic mass is 9.98. The van der Waals surface area contributed by atoms with Crippen molar-refractivity contribution in [3.8, 4) is 23.1 Å². The van der Waals surface area contributed by atoms with Crippen molar-refractivity contribution in [3.63, 3.8) is 0 Å². The zero-order chi connectivity index (χ0) is 21.0. The van der Waals surface area contributed by atoms with Crippen molar-refractivity contribution < 1.29 is 19.0 Å². The monoisotopic (exact) mass is 404 g/mol. The van der Waals surface area contributed by atoms with E-state index in [1.807, 2.05) is 6.07 Å². The van der Waals surface area contributed by atoms with Crippen LogP contribution in [-0.2, 0) is 13.5 Å². The van der Waals surface area contributed by atoms with Crippen molar-refractivity contribution in [1.29, 1.82) is 0 Å². The van der Waals surface area contributed by atoms with Crippen molar-refractivity contribution in [2.24, 2.45) is 7.05 Å². The molecule has 3 aromatic heterocycles. The van der Waals surface area contributed by atoms with E-state index in [2.05, 4.69) is 15.2 Å². The van der Waals surface area contributed by atoms with Gasteiger partial charge in [0, 0.05) is 37.1 Å². The molecule has 0 spiro atoms. The molecule has 3 heterocycles. The van der Waals surface area contributed by atoms with Crippen LogP contribution in [0.3, 0.4) is 0 Å². The normalized spacial score (nSPS) is 11.6. The van der Waals surface area contributed by atoms with Crippen LogP contribution in [0.15, 0.2) is 47.1 Å². The number of pyridine rings is 1. The van der Waals surface area contributed by atoms with Gasteiger partial charge in [0.1, 0.15) is 11.3 Å². The first-order chi connectivity index (χ1) is 14.4. The Morgan fingerprint density at radius 1 is 1.07 bits per heavy atom. The van der Waals surface area contributed by atoms with Gasteiger partial charge in [-0.05, 0) is 35.7 Å². The lowest BCUT2D eigenvalue weighted by molar-refractivity contribution is 0.432. The van der Waals surface area contributed by atoms with Gasteiger partial charge >= 0.3 is 0 Å². The van der Waals surface area contributed by atoms with E-state index in [0.29, 0.717) is 34.2 Å². The van der Waals surface area contributed by atoms with Crippen molar-refractivity contribution >= 4 is 21.7 Å². The standard InChI is InChI=1S/C22H17FN4O3/c1-11-25-26-21(30-11)17-15-8-13(7-12-3-5-14(23)6-4-12)9-24-19(15)20(28)18-16(17)10-27(2)22(18)29/h3-6,8-10,28-29H,7H2,1-2H3. The quantitative estimate of drug-likeness (QED) is 0.467. The number of nitrogens with zero attached hydrogens (tertiary/aromatic N) is 4. The number of phenolic OH excluding ortho intramolecular Hbond substituents is 1. The van der Waals surface area contributed by atoms with Crippen LogP contribution in [-0.4, -0.2) is 30.0 Å².